The van der Waals surface area contributed by atoms with Crippen molar-refractivity contribution < 1.29 is 8.78 Å². The summed E-state index contributed by atoms with van der Waals surface area (Å²) in [5.41, 5.74) is 5.32. The summed E-state index contributed by atoms with van der Waals surface area (Å²) < 4.78 is 29.3. The van der Waals surface area contributed by atoms with Crippen molar-refractivity contribution in [3.8, 4) is 0 Å². The van der Waals surface area contributed by atoms with Gasteiger partial charge in [-0.05, 0) is 30.7 Å². The highest BCUT2D eigenvalue weighted by Crippen LogP contribution is 2.47. The number of aromatic nitrogens is 1. The van der Waals surface area contributed by atoms with E-state index >= 15 is 0 Å². The molecule has 1 unspecified atom stereocenters. The minimum absolute atomic E-state index is 0.195. The van der Waals surface area contributed by atoms with E-state index in [4.69, 9.17) is 5.41 Å². The number of pyridine rings is 1. The molecule has 0 amide bonds. The Bertz CT molecular complexity index is 1270. The molecule has 0 saturated carbocycles. The molecule has 2 aliphatic rings. The molecule has 28 heavy (non-hydrogen) atoms. The quantitative estimate of drug-likeness (QED) is 0.606. The molecule has 2 aromatic carbocycles. The highest BCUT2D eigenvalue weighted by Gasteiger charge is 2.37. The van der Waals surface area contributed by atoms with Crippen LogP contribution in [0.5, 0.6) is 0 Å². The van der Waals surface area contributed by atoms with Crippen molar-refractivity contribution in [1.82, 2.24) is 4.57 Å². The molecule has 1 aromatic heterocycles. The number of halogens is 2. The highest BCUT2D eigenvalue weighted by atomic mass is 19.1. The molecule has 0 aliphatic carbocycles. The molecule has 5 rings (SSSR count). The second-order valence-electron chi connectivity index (χ2n) is 7.09. The van der Waals surface area contributed by atoms with E-state index in [2.05, 4.69) is 10.7 Å². The third kappa shape index (κ3) is 2.24. The van der Waals surface area contributed by atoms with Crippen LogP contribution in [0, 0.1) is 17.0 Å². The molecule has 2 aliphatic heterocycles. The highest BCUT2D eigenvalue weighted by molar-refractivity contribution is 5.97. The summed E-state index contributed by atoms with van der Waals surface area (Å²) in [6.07, 6.45) is 2.31. The molecule has 6 nitrogen and oxygen atoms in total. The molecule has 3 heterocycles. The van der Waals surface area contributed by atoms with Gasteiger partial charge in [0, 0.05) is 36.8 Å². The van der Waals surface area contributed by atoms with Crippen LogP contribution in [0.2, 0.25) is 0 Å². The van der Waals surface area contributed by atoms with Crippen LogP contribution in [0.15, 0.2) is 41.3 Å². The molecule has 8 heteroatoms. The predicted molar refractivity (Wildman–Crippen MR) is 103 cm³/mol. The van der Waals surface area contributed by atoms with Crippen molar-refractivity contribution in [3.63, 3.8) is 0 Å². The Balaban J connectivity index is 1.81. The molecular weight excluding hydrogens is 364 g/mol. The lowest BCUT2D eigenvalue weighted by Crippen LogP contribution is -2.32. The van der Waals surface area contributed by atoms with Gasteiger partial charge in [0.25, 0.3) is 5.56 Å². The number of hydrogen-bond donors (Lipinski definition) is 3. The van der Waals surface area contributed by atoms with E-state index < -0.39 is 11.6 Å². The molecule has 3 aromatic rings. The SMILES string of the molecule is Cn1ccc2c(=N)cc3c4c(c2c1=O)NCCC4N(c1ccc(F)cc1F)N3. The zero-order valence-corrected chi connectivity index (χ0v) is 15.0. The normalized spacial score (nSPS) is 17.2. The maximum atomic E-state index is 14.4. The van der Waals surface area contributed by atoms with E-state index in [1.807, 2.05) is 0 Å². The summed E-state index contributed by atoms with van der Waals surface area (Å²) in [6.45, 7) is 0.586. The summed E-state index contributed by atoms with van der Waals surface area (Å²) in [7, 11) is 1.67. The van der Waals surface area contributed by atoms with Gasteiger partial charge in [0.2, 0.25) is 0 Å². The summed E-state index contributed by atoms with van der Waals surface area (Å²) in [5, 5.41) is 14.6. The van der Waals surface area contributed by atoms with E-state index in [-0.39, 0.29) is 22.6 Å². The van der Waals surface area contributed by atoms with Gasteiger partial charge in [0.15, 0.2) is 5.82 Å². The van der Waals surface area contributed by atoms with Gasteiger partial charge in [-0.1, -0.05) is 0 Å². The van der Waals surface area contributed by atoms with E-state index in [0.29, 0.717) is 35.1 Å². The average Bonchev–Trinajstić information content (AvgIpc) is 2.96. The van der Waals surface area contributed by atoms with Gasteiger partial charge >= 0.3 is 0 Å². The fourth-order valence-corrected chi connectivity index (χ4v) is 4.14. The van der Waals surface area contributed by atoms with Gasteiger partial charge in [-0.3, -0.25) is 15.2 Å². The third-order valence-corrected chi connectivity index (χ3v) is 5.43. The van der Waals surface area contributed by atoms with Crippen LogP contribution in [-0.4, -0.2) is 11.1 Å². The van der Waals surface area contributed by atoms with Crippen LogP contribution in [-0.2, 0) is 7.05 Å². The fraction of sp³-hybridized carbons (Fsp3) is 0.200. The molecule has 0 saturated heterocycles. The Hall–Kier alpha value is -3.42. The van der Waals surface area contributed by atoms with Crippen LogP contribution in [0.4, 0.5) is 25.8 Å². The minimum atomic E-state index is -0.670. The minimum Gasteiger partial charge on any atom is -0.384 e. The monoisotopic (exact) mass is 381 g/mol. The van der Waals surface area contributed by atoms with Gasteiger partial charge in [-0.15, -0.1) is 0 Å². The molecule has 0 fully saturated rings. The van der Waals surface area contributed by atoms with Crippen molar-refractivity contribution in [2.24, 2.45) is 7.05 Å². The lowest BCUT2D eigenvalue weighted by molar-refractivity contribution is 0.568. The number of fused-ring (bicyclic) bond motifs is 2. The van der Waals surface area contributed by atoms with Gasteiger partial charge in [0.05, 0.1) is 33.8 Å². The molecule has 0 bridgehead atoms. The fourth-order valence-electron chi connectivity index (χ4n) is 4.14. The van der Waals surface area contributed by atoms with Crippen LogP contribution in [0.1, 0.15) is 18.0 Å². The van der Waals surface area contributed by atoms with Gasteiger partial charge in [0.1, 0.15) is 5.82 Å². The first kappa shape index (κ1) is 16.7. The summed E-state index contributed by atoms with van der Waals surface area (Å²) in [5.74, 6) is -1.31. The first-order chi connectivity index (χ1) is 13.5. The molecule has 0 radical (unpaired) electrons. The van der Waals surface area contributed by atoms with Gasteiger partial charge < -0.3 is 15.3 Å². The lowest BCUT2D eigenvalue weighted by Gasteiger charge is -2.30. The number of anilines is 3. The number of nitrogens with one attached hydrogen (secondary N) is 3. The second-order valence-corrected chi connectivity index (χ2v) is 7.09. The van der Waals surface area contributed by atoms with Crippen molar-refractivity contribution in [3.05, 3.63) is 69.4 Å². The van der Waals surface area contributed by atoms with Crippen LogP contribution in [0.25, 0.3) is 10.8 Å². The van der Waals surface area contributed by atoms with Gasteiger partial charge in [-0.25, -0.2) is 8.78 Å². The number of hydrazine groups is 1. The predicted octanol–water partition coefficient (Wildman–Crippen LogP) is 3.00. The Kier molecular flexibility index (Phi) is 3.46. The number of hydrogen-bond acceptors (Lipinski definition) is 5. The number of rotatable bonds is 1. The number of nitrogens with zero attached hydrogens (tertiary/aromatic N) is 2. The zero-order valence-electron chi connectivity index (χ0n) is 15.0. The summed E-state index contributed by atoms with van der Waals surface area (Å²) in [6, 6.07) is 6.63. The molecule has 3 N–H and O–H groups in total. The first-order valence-corrected chi connectivity index (χ1v) is 8.95. The largest absolute Gasteiger partial charge is 0.384 e. The maximum absolute atomic E-state index is 14.4. The van der Waals surface area contributed by atoms with Crippen LogP contribution in [0.3, 0.4) is 0 Å². The Labute approximate surface area is 158 Å². The van der Waals surface area contributed by atoms with Crippen LogP contribution < -0.4 is 26.7 Å². The smallest absolute Gasteiger partial charge is 0.260 e. The van der Waals surface area contributed by atoms with E-state index in [1.54, 1.807) is 30.4 Å². The molecule has 1 atom stereocenters. The topological polar surface area (TPSA) is 73.2 Å². The van der Waals surface area contributed by atoms with Gasteiger partial charge in [-0.2, -0.15) is 0 Å². The number of benzene rings is 1. The van der Waals surface area contributed by atoms with E-state index in [0.717, 1.165) is 11.6 Å². The average molecular weight is 381 g/mol. The first-order valence-electron chi connectivity index (χ1n) is 8.95. The maximum Gasteiger partial charge on any atom is 0.260 e. The third-order valence-electron chi connectivity index (χ3n) is 5.43. The van der Waals surface area contributed by atoms with Crippen molar-refractivity contribution in [2.75, 3.05) is 22.3 Å². The standard InChI is InChI=1S/C20H17F2N5O/c1-26-7-5-11-13(23)9-14-18-16(4-6-24-19(18)17(11)20(26)28)27(25-14)15-3-2-10(21)8-12(15)22/h2-3,5,7-9,16,23-25H,4,6H2,1H3. The number of aryl methyl sites for hydroxylation is 1. The summed E-state index contributed by atoms with van der Waals surface area (Å²) >= 11 is 0. The van der Waals surface area contributed by atoms with Crippen molar-refractivity contribution in [1.29, 1.82) is 5.41 Å². The Morgan fingerprint density at radius 3 is 2.82 bits per heavy atom. The zero-order chi connectivity index (χ0) is 19.6. The Morgan fingerprint density at radius 1 is 1.21 bits per heavy atom. The van der Waals surface area contributed by atoms with Crippen molar-refractivity contribution >= 4 is 27.8 Å². The van der Waals surface area contributed by atoms with E-state index in [1.165, 1.54) is 16.7 Å². The molecule has 142 valence electrons. The Morgan fingerprint density at radius 2 is 2.04 bits per heavy atom. The second kappa shape index (κ2) is 5.79. The summed E-state index contributed by atoms with van der Waals surface area (Å²) in [4.78, 5) is 12.9. The van der Waals surface area contributed by atoms with Crippen LogP contribution >= 0.6 is 0 Å². The lowest BCUT2D eigenvalue weighted by atomic mass is 9.97. The van der Waals surface area contributed by atoms with Crippen molar-refractivity contribution in [2.45, 2.75) is 12.5 Å². The van der Waals surface area contributed by atoms with E-state index in [9.17, 15) is 13.6 Å². The molecule has 0 spiro atoms. The molecular formula is C20H17F2N5O.